The number of carbonyl (C=O) groups is 1. The third-order valence-electron chi connectivity index (χ3n) is 7.49. The summed E-state index contributed by atoms with van der Waals surface area (Å²) < 4.78 is 29.8. The van der Waals surface area contributed by atoms with Crippen molar-refractivity contribution in [2.24, 2.45) is 0 Å². The normalized spacial score (nSPS) is 18.2. The highest BCUT2D eigenvalue weighted by Crippen LogP contribution is 2.25. The van der Waals surface area contributed by atoms with E-state index in [1.807, 2.05) is 17.7 Å². The lowest BCUT2D eigenvalue weighted by atomic mass is 10.1. The fourth-order valence-electron chi connectivity index (χ4n) is 5.18. The predicted octanol–water partition coefficient (Wildman–Crippen LogP) is 4.31. The maximum Gasteiger partial charge on any atom is 0.354 e. The maximum absolute atomic E-state index is 14.2. The molecule has 10 nitrogen and oxygen atoms in total. The van der Waals surface area contributed by atoms with E-state index in [9.17, 15) is 14.3 Å². The minimum absolute atomic E-state index is 0.00345. The van der Waals surface area contributed by atoms with Gasteiger partial charge in [0, 0.05) is 42.0 Å². The number of aryl methyl sites for hydroxylation is 1. The number of carboxylic acids is 1. The fourth-order valence-corrected chi connectivity index (χ4v) is 5.34. The molecule has 1 atom stereocenters. The van der Waals surface area contributed by atoms with Crippen molar-refractivity contribution in [2.75, 3.05) is 19.7 Å². The zero-order valence-electron chi connectivity index (χ0n) is 22.1. The van der Waals surface area contributed by atoms with Crippen LogP contribution in [0.15, 0.2) is 36.5 Å². The second-order valence-electron chi connectivity index (χ2n) is 10.4. The summed E-state index contributed by atoms with van der Waals surface area (Å²) in [6, 6.07) is 7.85. The number of halogens is 2. The molecule has 0 bridgehead atoms. The standard InChI is InChI=1S/C28H30ClFN6O4/c1-17-13-35(14-18-2-3-19(29)12-22(18)30)33-27(17)40-20-6-9-34(10-7-20)16-25-31-23-4-5-24(28(37)38)32-26(23)36(25)15-21-8-11-39-21/h2-5,12-13,20-21H,6-11,14-16H2,1H3,(H,37,38)/t21-/m0/s1. The number of ether oxygens (including phenoxy) is 2. The van der Waals surface area contributed by atoms with Gasteiger partial charge in [0.1, 0.15) is 23.3 Å². The van der Waals surface area contributed by atoms with Crippen molar-refractivity contribution >= 4 is 28.7 Å². The summed E-state index contributed by atoms with van der Waals surface area (Å²) in [6.07, 6.45) is 4.58. The van der Waals surface area contributed by atoms with Gasteiger partial charge in [-0.3, -0.25) is 9.58 Å². The van der Waals surface area contributed by atoms with Gasteiger partial charge in [0.2, 0.25) is 5.88 Å². The Kier molecular flexibility index (Phi) is 7.43. The number of aromatic carboxylic acids is 1. The van der Waals surface area contributed by atoms with Gasteiger partial charge in [-0.05, 0) is 50.5 Å². The SMILES string of the molecule is Cc1cn(Cc2ccc(Cl)cc2F)nc1OC1CCN(Cc2nc3ccc(C(=O)O)nc3n2C[C@@H]2CCO2)CC1. The van der Waals surface area contributed by atoms with Crippen LogP contribution in [0, 0.1) is 12.7 Å². The van der Waals surface area contributed by atoms with E-state index in [-0.39, 0.29) is 23.7 Å². The van der Waals surface area contributed by atoms with Crippen LogP contribution in [-0.4, -0.2) is 72.2 Å². The number of fused-ring (bicyclic) bond motifs is 1. The molecule has 0 unspecified atom stereocenters. The van der Waals surface area contributed by atoms with Crippen molar-refractivity contribution in [3.8, 4) is 5.88 Å². The number of rotatable bonds is 9. The van der Waals surface area contributed by atoms with E-state index in [1.165, 1.54) is 12.1 Å². The van der Waals surface area contributed by atoms with Crippen molar-refractivity contribution in [3.05, 3.63) is 70.0 Å². The Labute approximate surface area is 235 Å². The molecule has 2 saturated heterocycles. The Balaban J connectivity index is 1.09. The highest BCUT2D eigenvalue weighted by Gasteiger charge is 2.27. The van der Waals surface area contributed by atoms with Crippen molar-refractivity contribution in [3.63, 3.8) is 0 Å². The molecule has 210 valence electrons. The predicted molar refractivity (Wildman–Crippen MR) is 145 cm³/mol. The molecule has 0 amide bonds. The van der Waals surface area contributed by atoms with Gasteiger partial charge >= 0.3 is 5.97 Å². The summed E-state index contributed by atoms with van der Waals surface area (Å²) in [5.41, 5.74) is 2.67. The van der Waals surface area contributed by atoms with Crippen LogP contribution in [-0.2, 0) is 24.4 Å². The summed E-state index contributed by atoms with van der Waals surface area (Å²) in [5, 5.41) is 14.3. The molecule has 0 spiro atoms. The molecule has 0 radical (unpaired) electrons. The Hall–Kier alpha value is -3.54. The molecule has 1 N–H and O–H groups in total. The fraction of sp³-hybridized carbons (Fsp3) is 0.429. The Morgan fingerprint density at radius 3 is 2.67 bits per heavy atom. The number of carboxylic acid groups (broad SMARTS) is 1. The third-order valence-corrected chi connectivity index (χ3v) is 7.73. The first-order valence-corrected chi connectivity index (χ1v) is 13.8. The number of imidazole rings is 1. The van der Waals surface area contributed by atoms with E-state index in [1.54, 1.807) is 22.9 Å². The van der Waals surface area contributed by atoms with E-state index in [0.29, 0.717) is 47.3 Å². The lowest BCUT2D eigenvalue weighted by molar-refractivity contribution is -0.0593. The van der Waals surface area contributed by atoms with Crippen molar-refractivity contribution < 1.29 is 23.8 Å². The van der Waals surface area contributed by atoms with Crippen LogP contribution in [0.5, 0.6) is 5.88 Å². The Morgan fingerprint density at radius 2 is 1.98 bits per heavy atom. The maximum atomic E-state index is 14.2. The molecular formula is C28H30ClFN6O4. The molecular weight excluding hydrogens is 539 g/mol. The van der Waals surface area contributed by atoms with Crippen LogP contribution in [0.4, 0.5) is 4.39 Å². The van der Waals surface area contributed by atoms with Crippen LogP contribution in [0.2, 0.25) is 5.02 Å². The van der Waals surface area contributed by atoms with Gasteiger partial charge in [0.25, 0.3) is 0 Å². The first kappa shape index (κ1) is 26.7. The quantitative estimate of drug-likeness (QED) is 0.318. The number of hydrogen-bond donors (Lipinski definition) is 1. The first-order valence-electron chi connectivity index (χ1n) is 13.4. The minimum Gasteiger partial charge on any atom is -0.477 e. The second kappa shape index (κ2) is 11.1. The van der Waals surface area contributed by atoms with Gasteiger partial charge in [0.05, 0.1) is 25.7 Å². The lowest BCUT2D eigenvalue weighted by Crippen LogP contribution is -2.39. The number of pyridine rings is 1. The molecule has 4 aromatic rings. The number of hydrogen-bond acceptors (Lipinski definition) is 7. The van der Waals surface area contributed by atoms with Crippen molar-refractivity contribution in [1.29, 1.82) is 0 Å². The van der Waals surface area contributed by atoms with Crippen LogP contribution in [0.3, 0.4) is 0 Å². The van der Waals surface area contributed by atoms with Gasteiger partial charge in [-0.25, -0.2) is 19.2 Å². The van der Waals surface area contributed by atoms with Crippen molar-refractivity contribution in [1.82, 2.24) is 29.2 Å². The van der Waals surface area contributed by atoms with Gasteiger partial charge < -0.3 is 19.1 Å². The number of nitrogens with zero attached hydrogens (tertiary/aromatic N) is 6. The summed E-state index contributed by atoms with van der Waals surface area (Å²) in [4.78, 5) is 23.0. The summed E-state index contributed by atoms with van der Waals surface area (Å²) in [6.45, 7) is 5.83. The molecule has 3 aromatic heterocycles. The van der Waals surface area contributed by atoms with E-state index in [0.717, 1.165) is 50.3 Å². The molecule has 0 aliphatic carbocycles. The molecule has 5 heterocycles. The minimum atomic E-state index is -1.06. The number of likely N-dealkylation sites (tertiary alicyclic amines) is 1. The molecule has 6 rings (SSSR count). The van der Waals surface area contributed by atoms with E-state index < -0.39 is 5.97 Å². The average Bonchev–Trinajstić information content (AvgIpc) is 3.42. The van der Waals surface area contributed by atoms with E-state index in [4.69, 9.17) is 26.1 Å². The van der Waals surface area contributed by atoms with Gasteiger partial charge in [-0.2, -0.15) is 0 Å². The van der Waals surface area contributed by atoms with E-state index >= 15 is 0 Å². The Bertz CT molecular complexity index is 1540. The topological polar surface area (TPSA) is 108 Å². The summed E-state index contributed by atoms with van der Waals surface area (Å²) in [7, 11) is 0. The summed E-state index contributed by atoms with van der Waals surface area (Å²) in [5.74, 6) is -0.00271. The van der Waals surface area contributed by atoms with Crippen LogP contribution in [0.1, 0.15) is 46.7 Å². The van der Waals surface area contributed by atoms with E-state index in [2.05, 4.69) is 15.0 Å². The van der Waals surface area contributed by atoms with Gasteiger partial charge in [0.15, 0.2) is 11.3 Å². The molecule has 40 heavy (non-hydrogen) atoms. The smallest absolute Gasteiger partial charge is 0.354 e. The number of benzene rings is 1. The summed E-state index contributed by atoms with van der Waals surface area (Å²) >= 11 is 5.87. The largest absolute Gasteiger partial charge is 0.477 e. The number of piperidine rings is 1. The molecule has 1 aromatic carbocycles. The average molecular weight is 569 g/mol. The number of aromatic nitrogens is 5. The lowest BCUT2D eigenvalue weighted by Gasteiger charge is -2.32. The molecule has 0 saturated carbocycles. The second-order valence-corrected chi connectivity index (χ2v) is 10.8. The first-order chi connectivity index (χ1) is 19.3. The molecule has 2 fully saturated rings. The zero-order chi connectivity index (χ0) is 27.8. The van der Waals surface area contributed by atoms with Gasteiger partial charge in [-0.15, -0.1) is 5.10 Å². The van der Waals surface area contributed by atoms with Crippen LogP contribution in [0.25, 0.3) is 11.2 Å². The van der Waals surface area contributed by atoms with Crippen molar-refractivity contribution in [2.45, 2.75) is 58.0 Å². The Morgan fingerprint density at radius 1 is 1.18 bits per heavy atom. The highest BCUT2D eigenvalue weighted by molar-refractivity contribution is 6.30. The van der Waals surface area contributed by atoms with Crippen LogP contribution < -0.4 is 4.74 Å². The molecule has 2 aliphatic heterocycles. The van der Waals surface area contributed by atoms with Gasteiger partial charge in [-0.1, -0.05) is 17.7 Å². The molecule has 2 aliphatic rings. The highest BCUT2D eigenvalue weighted by atomic mass is 35.5. The third kappa shape index (κ3) is 5.67. The van der Waals surface area contributed by atoms with Crippen LogP contribution >= 0.6 is 11.6 Å². The molecule has 12 heteroatoms. The zero-order valence-corrected chi connectivity index (χ0v) is 22.8. The monoisotopic (exact) mass is 568 g/mol.